The van der Waals surface area contributed by atoms with Gasteiger partial charge in [-0.25, -0.2) is 0 Å². The zero-order valence-electron chi connectivity index (χ0n) is 9.44. The van der Waals surface area contributed by atoms with Crippen LogP contribution in [0.25, 0.3) is 0 Å². The van der Waals surface area contributed by atoms with Crippen LogP contribution in [0.1, 0.15) is 29.8 Å². The second-order valence-corrected chi connectivity index (χ2v) is 4.60. The first kappa shape index (κ1) is 11.0. The summed E-state index contributed by atoms with van der Waals surface area (Å²) in [4.78, 5) is 11.9. The molecule has 0 aromatic heterocycles. The summed E-state index contributed by atoms with van der Waals surface area (Å²) >= 11 is 0. The third kappa shape index (κ3) is 1.46. The first-order valence-electron chi connectivity index (χ1n) is 5.08. The predicted octanol–water partition coefficient (Wildman–Crippen LogP) is 1.42. The molecule has 0 fully saturated rings. The van der Waals surface area contributed by atoms with Crippen LogP contribution in [0.2, 0.25) is 0 Å². The number of benzene rings is 1. The lowest BCUT2D eigenvalue weighted by atomic mass is 9.95. The SMILES string of the molecule is Cc1c(O)ccc2c1O[C@H](C(C)(C)O)C2=O. The van der Waals surface area contributed by atoms with Crippen molar-refractivity contribution in [3.8, 4) is 11.5 Å². The van der Waals surface area contributed by atoms with Gasteiger partial charge in [-0.3, -0.25) is 4.79 Å². The second-order valence-electron chi connectivity index (χ2n) is 4.60. The van der Waals surface area contributed by atoms with Crippen LogP contribution in [0, 0.1) is 6.92 Å². The van der Waals surface area contributed by atoms with Crippen molar-refractivity contribution in [3.05, 3.63) is 23.3 Å². The number of hydrogen-bond acceptors (Lipinski definition) is 4. The smallest absolute Gasteiger partial charge is 0.210 e. The van der Waals surface area contributed by atoms with Gasteiger partial charge in [-0.05, 0) is 32.9 Å². The minimum atomic E-state index is -1.24. The van der Waals surface area contributed by atoms with Crippen LogP contribution in [-0.2, 0) is 0 Å². The van der Waals surface area contributed by atoms with Crippen molar-refractivity contribution in [2.75, 3.05) is 0 Å². The van der Waals surface area contributed by atoms with E-state index in [2.05, 4.69) is 0 Å². The molecule has 4 heteroatoms. The summed E-state index contributed by atoms with van der Waals surface area (Å²) in [6.07, 6.45) is -0.900. The molecule has 1 aromatic rings. The molecular formula is C12H14O4. The van der Waals surface area contributed by atoms with Crippen molar-refractivity contribution in [2.24, 2.45) is 0 Å². The molecule has 0 unspecified atom stereocenters. The number of aliphatic hydroxyl groups is 1. The Labute approximate surface area is 93.5 Å². The molecule has 86 valence electrons. The van der Waals surface area contributed by atoms with E-state index in [-0.39, 0.29) is 11.5 Å². The molecule has 0 saturated carbocycles. The number of phenolic OH excluding ortho intramolecular Hbond substituents is 1. The average Bonchev–Trinajstić information content (AvgIpc) is 2.50. The summed E-state index contributed by atoms with van der Waals surface area (Å²) in [5, 5.41) is 19.3. The number of carbonyl (C=O) groups excluding carboxylic acids is 1. The lowest BCUT2D eigenvalue weighted by molar-refractivity contribution is -0.0141. The van der Waals surface area contributed by atoms with E-state index < -0.39 is 11.7 Å². The summed E-state index contributed by atoms with van der Waals surface area (Å²) < 4.78 is 5.44. The fourth-order valence-corrected chi connectivity index (χ4v) is 1.80. The van der Waals surface area contributed by atoms with Gasteiger partial charge >= 0.3 is 0 Å². The van der Waals surface area contributed by atoms with Gasteiger partial charge in [0, 0.05) is 5.56 Å². The third-order valence-electron chi connectivity index (χ3n) is 2.76. The molecule has 2 rings (SSSR count). The Morgan fingerprint density at radius 2 is 2.00 bits per heavy atom. The number of rotatable bonds is 1. The van der Waals surface area contributed by atoms with Gasteiger partial charge in [-0.2, -0.15) is 0 Å². The second kappa shape index (κ2) is 3.22. The Bertz CT molecular complexity index is 457. The van der Waals surface area contributed by atoms with E-state index in [1.807, 2.05) is 0 Å². The number of Topliss-reactive ketones (excluding diaryl/α,β-unsaturated/α-hetero) is 1. The monoisotopic (exact) mass is 222 g/mol. The highest BCUT2D eigenvalue weighted by Crippen LogP contribution is 2.39. The van der Waals surface area contributed by atoms with Crippen molar-refractivity contribution >= 4 is 5.78 Å². The topological polar surface area (TPSA) is 66.8 Å². The molecule has 4 nitrogen and oxygen atoms in total. The average molecular weight is 222 g/mol. The van der Waals surface area contributed by atoms with Crippen LogP contribution in [0.4, 0.5) is 0 Å². The summed E-state index contributed by atoms with van der Waals surface area (Å²) in [6, 6.07) is 2.98. The van der Waals surface area contributed by atoms with Gasteiger partial charge in [-0.1, -0.05) is 0 Å². The number of carbonyl (C=O) groups is 1. The van der Waals surface area contributed by atoms with Crippen LogP contribution in [0.5, 0.6) is 11.5 Å². The number of aromatic hydroxyl groups is 1. The molecule has 1 aromatic carbocycles. The molecule has 0 radical (unpaired) electrons. The minimum Gasteiger partial charge on any atom is -0.508 e. The number of ketones is 1. The number of ether oxygens (including phenoxy) is 1. The van der Waals surface area contributed by atoms with Crippen molar-refractivity contribution < 1.29 is 19.7 Å². The van der Waals surface area contributed by atoms with Crippen LogP contribution >= 0.6 is 0 Å². The quantitative estimate of drug-likeness (QED) is 0.754. The van der Waals surface area contributed by atoms with Gasteiger partial charge in [0.25, 0.3) is 0 Å². The van der Waals surface area contributed by atoms with E-state index in [9.17, 15) is 15.0 Å². The van der Waals surface area contributed by atoms with Crippen LogP contribution in [0.15, 0.2) is 12.1 Å². The maximum atomic E-state index is 11.9. The summed E-state index contributed by atoms with van der Waals surface area (Å²) in [5.41, 5.74) is -0.293. The molecule has 1 heterocycles. The summed E-state index contributed by atoms with van der Waals surface area (Å²) in [6.45, 7) is 4.72. The molecule has 0 bridgehead atoms. The van der Waals surface area contributed by atoms with Gasteiger partial charge in [0.2, 0.25) is 5.78 Å². The molecule has 0 amide bonds. The fourth-order valence-electron chi connectivity index (χ4n) is 1.80. The molecule has 1 atom stereocenters. The highest BCUT2D eigenvalue weighted by atomic mass is 16.5. The van der Waals surface area contributed by atoms with Gasteiger partial charge in [0.15, 0.2) is 6.10 Å². The first-order valence-corrected chi connectivity index (χ1v) is 5.08. The summed E-state index contributed by atoms with van der Waals surface area (Å²) in [5.74, 6) is 0.214. The van der Waals surface area contributed by atoms with Crippen LogP contribution < -0.4 is 4.74 Å². The Morgan fingerprint density at radius 3 is 2.56 bits per heavy atom. The normalized spacial score (nSPS) is 19.5. The molecule has 0 saturated heterocycles. The third-order valence-corrected chi connectivity index (χ3v) is 2.76. The molecular weight excluding hydrogens is 208 g/mol. The van der Waals surface area contributed by atoms with Crippen molar-refractivity contribution in [1.82, 2.24) is 0 Å². The zero-order valence-corrected chi connectivity index (χ0v) is 9.44. The van der Waals surface area contributed by atoms with E-state index in [1.54, 1.807) is 6.92 Å². The zero-order chi connectivity index (χ0) is 12.1. The predicted molar refractivity (Wildman–Crippen MR) is 57.9 cm³/mol. The maximum absolute atomic E-state index is 11.9. The molecule has 16 heavy (non-hydrogen) atoms. The molecule has 1 aliphatic heterocycles. The van der Waals surface area contributed by atoms with Crippen molar-refractivity contribution in [2.45, 2.75) is 32.5 Å². The Balaban J connectivity index is 2.50. The van der Waals surface area contributed by atoms with E-state index in [0.29, 0.717) is 16.9 Å². The lowest BCUT2D eigenvalue weighted by Gasteiger charge is -2.23. The Hall–Kier alpha value is -1.55. The van der Waals surface area contributed by atoms with Crippen molar-refractivity contribution in [1.29, 1.82) is 0 Å². The molecule has 2 N–H and O–H groups in total. The molecule has 1 aliphatic rings. The standard InChI is InChI=1S/C12H14O4/c1-6-8(13)5-4-7-9(14)11(12(2,3)15)16-10(6)7/h4-5,11,13,15H,1-3H3/t11-/m0/s1. The van der Waals surface area contributed by atoms with Gasteiger partial charge in [0.1, 0.15) is 17.1 Å². The first-order chi connectivity index (χ1) is 7.32. The van der Waals surface area contributed by atoms with E-state index in [4.69, 9.17) is 4.74 Å². The largest absolute Gasteiger partial charge is 0.508 e. The van der Waals surface area contributed by atoms with Gasteiger partial charge in [-0.15, -0.1) is 0 Å². The maximum Gasteiger partial charge on any atom is 0.210 e. The van der Waals surface area contributed by atoms with Crippen LogP contribution in [0.3, 0.4) is 0 Å². The van der Waals surface area contributed by atoms with Gasteiger partial charge < -0.3 is 14.9 Å². The van der Waals surface area contributed by atoms with E-state index in [1.165, 1.54) is 26.0 Å². The highest BCUT2D eigenvalue weighted by molar-refractivity contribution is 6.05. The van der Waals surface area contributed by atoms with Gasteiger partial charge in [0.05, 0.1) is 5.56 Å². The van der Waals surface area contributed by atoms with Crippen molar-refractivity contribution in [3.63, 3.8) is 0 Å². The molecule has 0 aliphatic carbocycles. The highest BCUT2D eigenvalue weighted by Gasteiger charge is 2.43. The van der Waals surface area contributed by atoms with Crippen LogP contribution in [-0.4, -0.2) is 27.7 Å². The van der Waals surface area contributed by atoms with E-state index in [0.717, 1.165) is 0 Å². The number of fused-ring (bicyclic) bond motifs is 1. The number of hydrogen-bond donors (Lipinski definition) is 2. The number of phenols is 1. The molecule has 0 spiro atoms. The fraction of sp³-hybridized carbons (Fsp3) is 0.417. The Kier molecular flexibility index (Phi) is 2.20. The minimum absolute atomic E-state index is 0.0861. The Morgan fingerprint density at radius 1 is 1.38 bits per heavy atom. The van der Waals surface area contributed by atoms with E-state index >= 15 is 0 Å². The summed E-state index contributed by atoms with van der Waals surface area (Å²) in [7, 11) is 0. The lowest BCUT2D eigenvalue weighted by Crippen LogP contribution is -2.43.